The topological polar surface area (TPSA) is 80.8 Å². The number of thiophene rings is 1. The van der Waals surface area contributed by atoms with Gasteiger partial charge in [0.25, 0.3) is 0 Å². The van der Waals surface area contributed by atoms with E-state index in [-0.39, 0.29) is 17.2 Å². The lowest BCUT2D eigenvalue weighted by atomic mass is 10.2. The Morgan fingerprint density at radius 2 is 1.93 bits per heavy atom. The lowest BCUT2D eigenvalue weighted by Crippen LogP contribution is -2.41. The molecule has 0 unspecified atom stereocenters. The molecule has 1 aromatic carbocycles. The number of benzene rings is 1. The minimum absolute atomic E-state index is 0.146. The number of esters is 1. The molecular weight excluding hydrogens is 454 g/mol. The van der Waals surface area contributed by atoms with Gasteiger partial charge in [-0.2, -0.15) is 4.31 Å². The van der Waals surface area contributed by atoms with Crippen molar-refractivity contribution in [1.82, 2.24) is 4.31 Å². The first-order valence-electron chi connectivity index (χ1n) is 8.33. The molecule has 0 N–H and O–H groups in total. The first kappa shape index (κ1) is 20.2. The molecule has 0 bridgehead atoms. The normalized spacial score (nSPS) is 17.8. The van der Waals surface area contributed by atoms with Crippen LogP contribution in [-0.4, -0.2) is 43.7 Å². The maximum atomic E-state index is 12.9. The molecule has 1 saturated heterocycles. The number of carbonyl (C=O) groups excluding carboxylic acids is 2. The van der Waals surface area contributed by atoms with Crippen molar-refractivity contribution < 1.29 is 22.7 Å². The third-order valence-electron chi connectivity index (χ3n) is 4.30. The van der Waals surface area contributed by atoms with E-state index in [4.69, 9.17) is 4.74 Å². The van der Waals surface area contributed by atoms with Gasteiger partial charge in [0.2, 0.25) is 15.8 Å². The van der Waals surface area contributed by atoms with E-state index in [2.05, 4.69) is 15.9 Å². The van der Waals surface area contributed by atoms with Crippen LogP contribution in [0.1, 0.15) is 28.1 Å². The quantitative estimate of drug-likeness (QED) is 0.476. The van der Waals surface area contributed by atoms with Crippen LogP contribution < -0.4 is 0 Å². The Morgan fingerprint density at radius 1 is 1.22 bits per heavy atom. The highest BCUT2D eigenvalue weighted by Gasteiger charge is 2.40. The highest BCUT2D eigenvalue weighted by atomic mass is 79.9. The lowest BCUT2D eigenvalue weighted by molar-refractivity contribution is -0.146. The van der Waals surface area contributed by atoms with Gasteiger partial charge in [-0.1, -0.05) is 17.7 Å². The van der Waals surface area contributed by atoms with Crippen molar-refractivity contribution in [3.05, 3.63) is 50.6 Å². The Balaban J connectivity index is 1.69. The largest absolute Gasteiger partial charge is 0.456 e. The second kappa shape index (κ2) is 8.22. The molecule has 0 saturated carbocycles. The van der Waals surface area contributed by atoms with Crippen molar-refractivity contribution in [2.24, 2.45) is 0 Å². The number of hydrogen-bond acceptors (Lipinski definition) is 6. The summed E-state index contributed by atoms with van der Waals surface area (Å²) in [7, 11) is -3.79. The molecule has 0 amide bonds. The van der Waals surface area contributed by atoms with Crippen LogP contribution in [0.2, 0.25) is 0 Å². The summed E-state index contributed by atoms with van der Waals surface area (Å²) >= 11 is 4.53. The van der Waals surface area contributed by atoms with Crippen molar-refractivity contribution in [2.75, 3.05) is 13.2 Å². The average Bonchev–Trinajstić information content (AvgIpc) is 3.29. The summed E-state index contributed by atoms with van der Waals surface area (Å²) in [5.41, 5.74) is 0.949. The molecule has 0 spiro atoms. The number of carbonyl (C=O) groups is 2. The van der Waals surface area contributed by atoms with Gasteiger partial charge >= 0.3 is 5.97 Å². The van der Waals surface area contributed by atoms with Crippen LogP contribution in [0.4, 0.5) is 0 Å². The van der Waals surface area contributed by atoms with Gasteiger partial charge in [-0.3, -0.25) is 9.59 Å². The third kappa shape index (κ3) is 4.48. The third-order valence-corrected chi connectivity index (χ3v) is 7.88. The number of sulfonamides is 1. The van der Waals surface area contributed by atoms with Crippen molar-refractivity contribution in [3.8, 4) is 0 Å². The standard InChI is InChI=1S/C18H18BrNO5S2/c1-12-4-6-13(7-5-12)27(23,24)20-10-2-3-14(20)18(22)25-11-15(21)16-8-9-17(19)26-16/h4-9,14H,2-3,10-11H2,1H3/t14-/m1/s1. The summed E-state index contributed by atoms with van der Waals surface area (Å²) in [4.78, 5) is 25.2. The zero-order chi connectivity index (χ0) is 19.6. The molecule has 2 heterocycles. The lowest BCUT2D eigenvalue weighted by Gasteiger charge is -2.22. The van der Waals surface area contributed by atoms with Crippen molar-refractivity contribution in [2.45, 2.75) is 30.7 Å². The number of rotatable bonds is 6. The van der Waals surface area contributed by atoms with E-state index in [1.54, 1.807) is 24.3 Å². The SMILES string of the molecule is Cc1ccc(S(=O)(=O)N2CCC[C@@H]2C(=O)OCC(=O)c2ccc(Br)s2)cc1. The second-order valence-corrected chi connectivity index (χ2v) is 10.6. The number of ether oxygens (including phenoxy) is 1. The van der Waals surface area contributed by atoms with Crippen molar-refractivity contribution in [1.29, 1.82) is 0 Å². The molecular formula is C18H18BrNO5S2. The molecule has 1 atom stereocenters. The molecule has 27 heavy (non-hydrogen) atoms. The first-order chi connectivity index (χ1) is 12.8. The summed E-state index contributed by atoms with van der Waals surface area (Å²) in [6.45, 7) is 1.72. The highest BCUT2D eigenvalue weighted by molar-refractivity contribution is 9.11. The Bertz CT molecular complexity index is 952. The fourth-order valence-corrected chi connectivity index (χ4v) is 5.83. The molecule has 1 aliphatic rings. The van der Waals surface area contributed by atoms with Gasteiger partial charge in [0.05, 0.1) is 13.6 Å². The summed E-state index contributed by atoms with van der Waals surface area (Å²) in [6.07, 6.45) is 0.944. The van der Waals surface area contributed by atoms with Gasteiger partial charge in [-0.15, -0.1) is 11.3 Å². The predicted molar refractivity (Wildman–Crippen MR) is 105 cm³/mol. The van der Waals surface area contributed by atoms with Crippen LogP contribution in [-0.2, 0) is 19.6 Å². The van der Waals surface area contributed by atoms with Crippen LogP contribution in [0, 0.1) is 6.92 Å². The summed E-state index contributed by atoms with van der Waals surface area (Å²) in [6, 6.07) is 8.98. The summed E-state index contributed by atoms with van der Waals surface area (Å²) in [5.74, 6) is -1.00. The molecule has 9 heteroatoms. The molecule has 144 valence electrons. The number of ketones is 1. The number of Topliss-reactive ketones (excluding diaryl/α,β-unsaturated/α-hetero) is 1. The van der Waals surface area contributed by atoms with Gasteiger partial charge in [0, 0.05) is 6.54 Å². The smallest absolute Gasteiger partial charge is 0.324 e. The molecule has 3 rings (SSSR count). The molecule has 0 radical (unpaired) electrons. The summed E-state index contributed by atoms with van der Waals surface area (Å²) < 4.78 is 32.9. The van der Waals surface area contributed by atoms with Crippen molar-refractivity contribution in [3.63, 3.8) is 0 Å². The van der Waals surface area contributed by atoms with Crippen LogP contribution in [0.5, 0.6) is 0 Å². The van der Waals surface area contributed by atoms with E-state index in [1.807, 2.05) is 6.92 Å². The van der Waals surface area contributed by atoms with E-state index >= 15 is 0 Å². The van der Waals surface area contributed by atoms with E-state index in [0.29, 0.717) is 17.7 Å². The fraction of sp³-hybridized carbons (Fsp3) is 0.333. The molecule has 0 aliphatic carbocycles. The van der Waals surface area contributed by atoms with Gasteiger partial charge < -0.3 is 4.74 Å². The molecule has 1 aromatic heterocycles. The molecule has 1 fully saturated rings. The number of hydrogen-bond donors (Lipinski definition) is 0. The summed E-state index contributed by atoms with van der Waals surface area (Å²) in [5, 5.41) is 0. The van der Waals surface area contributed by atoms with Gasteiger partial charge in [-0.25, -0.2) is 8.42 Å². The Hall–Kier alpha value is -1.55. The molecule has 1 aliphatic heterocycles. The van der Waals surface area contributed by atoms with Crippen LogP contribution in [0.25, 0.3) is 0 Å². The van der Waals surface area contributed by atoms with E-state index in [0.717, 1.165) is 9.35 Å². The van der Waals surface area contributed by atoms with E-state index < -0.39 is 28.6 Å². The zero-order valence-electron chi connectivity index (χ0n) is 14.6. The highest BCUT2D eigenvalue weighted by Crippen LogP contribution is 2.27. The predicted octanol–water partition coefficient (Wildman–Crippen LogP) is 3.40. The Labute approximate surface area is 170 Å². The van der Waals surface area contributed by atoms with E-state index in [1.165, 1.54) is 27.8 Å². The Morgan fingerprint density at radius 3 is 2.56 bits per heavy atom. The average molecular weight is 472 g/mol. The van der Waals surface area contributed by atoms with Crippen LogP contribution in [0.3, 0.4) is 0 Å². The molecule has 6 nitrogen and oxygen atoms in total. The minimum atomic E-state index is -3.79. The Kier molecular flexibility index (Phi) is 6.15. The van der Waals surface area contributed by atoms with Gasteiger partial charge in [-0.05, 0) is 60.0 Å². The monoisotopic (exact) mass is 471 g/mol. The van der Waals surface area contributed by atoms with Gasteiger partial charge in [0.1, 0.15) is 6.04 Å². The van der Waals surface area contributed by atoms with Gasteiger partial charge in [0.15, 0.2) is 6.61 Å². The fourth-order valence-electron chi connectivity index (χ4n) is 2.88. The maximum Gasteiger partial charge on any atom is 0.324 e. The second-order valence-electron chi connectivity index (χ2n) is 6.22. The zero-order valence-corrected chi connectivity index (χ0v) is 17.8. The number of nitrogens with zero attached hydrogens (tertiary/aromatic N) is 1. The number of halogens is 1. The molecule has 2 aromatic rings. The van der Waals surface area contributed by atoms with E-state index in [9.17, 15) is 18.0 Å². The first-order valence-corrected chi connectivity index (χ1v) is 11.4. The van der Waals surface area contributed by atoms with Crippen LogP contribution >= 0.6 is 27.3 Å². The minimum Gasteiger partial charge on any atom is -0.456 e. The van der Waals surface area contributed by atoms with Crippen molar-refractivity contribution >= 4 is 49.0 Å². The van der Waals surface area contributed by atoms with Crippen LogP contribution in [0.15, 0.2) is 45.1 Å². The maximum absolute atomic E-state index is 12.9. The number of aryl methyl sites for hydroxylation is 1.